The Bertz CT molecular complexity index is 1190. The van der Waals surface area contributed by atoms with Crippen LogP contribution in [0.25, 0.3) is 20.8 Å². The molecule has 4 heterocycles. The van der Waals surface area contributed by atoms with Crippen molar-refractivity contribution < 1.29 is 9.50 Å². The summed E-state index contributed by atoms with van der Waals surface area (Å²) in [5, 5.41) is 9.43. The summed E-state index contributed by atoms with van der Waals surface area (Å²) in [6, 6.07) is 8.18. The Hall–Kier alpha value is -2.48. The average molecular weight is 473 g/mol. The maximum atomic E-state index is 12.3. The smallest absolute Gasteiger partial charge is 0.165 e. The first-order valence-electron chi connectivity index (χ1n) is 10.7. The van der Waals surface area contributed by atoms with Gasteiger partial charge < -0.3 is 14.6 Å². The summed E-state index contributed by atoms with van der Waals surface area (Å²) in [5.41, 5.74) is 2.76. The van der Waals surface area contributed by atoms with Crippen LogP contribution >= 0.6 is 22.9 Å². The molecule has 1 aromatic carbocycles. The SMILES string of the molecule is Cc1ccc(O)c(F)c1.Clc1ccnc2cc(-c3cn(CCN4CCCCC4)cn3)sc12. The van der Waals surface area contributed by atoms with Gasteiger partial charge in [0.2, 0.25) is 0 Å². The third-order valence-electron chi connectivity index (χ3n) is 5.48. The molecule has 0 bridgehead atoms. The summed E-state index contributed by atoms with van der Waals surface area (Å²) in [4.78, 5) is 12.6. The van der Waals surface area contributed by atoms with Crippen molar-refractivity contribution in [3.05, 3.63) is 65.5 Å². The third kappa shape index (κ3) is 5.65. The zero-order valence-corrected chi connectivity index (χ0v) is 19.5. The van der Waals surface area contributed by atoms with Crippen LogP contribution in [0.1, 0.15) is 24.8 Å². The number of piperidine rings is 1. The number of benzene rings is 1. The average Bonchev–Trinajstić information content (AvgIpc) is 3.44. The van der Waals surface area contributed by atoms with Crippen LogP contribution < -0.4 is 0 Å². The van der Waals surface area contributed by atoms with Crippen LogP contribution in [0, 0.1) is 12.7 Å². The highest BCUT2D eigenvalue weighted by molar-refractivity contribution is 7.22. The molecule has 1 aliphatic rings. The number of aromatic hydroxyl groups is 1. The summed E-state index contributed by atoms with van der Waals surface area (Å²) in [5.74, 6) is -0.851. The molecule has 5 rings (SSSR count). The molecule has 1 fully saturated rings. The molecule has 1 N–H and O–H groups in total. The fraction of sp³-hybridized carbons (Fsp3) is 0.333. The molecule has 5 nitrogen and oxygen atoms in total. The highest BCUT2D eigenvalue weighted by atomic mass is 35.5. The monoisotopic (exact) mass is 472 g/mol. The first-order chi connectivity index (χ1) is 15.5. The van der Waals surface area contributed by atoms with Crippen molar-refractivity contribution in [3.63, 3.8) is 0 Å². The topological polar surface area (TPSA) is 54.2 Å². The molecule has 0 spiro atoms. The minimum atomic E-state index is -0.560. The van der Waals surface area contributed by atoms with Crippen molar-refractivity contribution in [2.45, 2.75) is 32.7 Å². The highest BCUT2D eigenvalue weighted by Gasteiger charge is 2.12. The van der Waals surface area contributed by atoms with Gasteiger partial charge in [-0.1, -0.05) is 24.1 Å². The molecule has 1 aliphatic heterocycles. The molecule has 0 saturated carbocycles. The predicted molar refractivity (Wildman–Crippen MR) is 129 cm³/mol. The molecule has 168 valence electrons. The van der Waals surface area contributed by atoms with Crippen molar-refractivity contribution in [3.8, 4) is 16.3 Å². The van der Waals surface area contributed by atoms with Crippen LogP contribution in [0.3, 0.4) is 0 Å². The third-order valence-corrected chi connectivity index (χ3v) is 7.08. The van der Waals surface area contributed by atoms with Gasteiger partial charge in [0.15, 0.2) is 11.6 Å². The number of hydrogen-bond acceptors (Lipinski definition) is 5. The molecular formula is C24H26ClFN4OS. The van der Waals surface area contributed by atoms with E-state index < -0.39 is 5.82 Å². The Balaban J connectivity index is 0.000000230. The van der Waals surface area contributed by atoms with Gasteiger partial charge in [-0.25, -0.2) is 9.37 Å². The van der Waals surface area contributed by atoms with E-state index in [1.54, 1.807) is 30.5 Å². The van der Waals surface area contributed by atoms with E-state index in [0.29, 0.717) is 0 Å². The van der Waals surface area contributed by atoms with E-state index >= 15 is 0 Å². The maximum absolute atomic E-state index is 12.3. The largest absolute Gasteiger partial charge is 0.505 e. The molecule has 3 aromatic heterocycles. The van der Waals surface area contributed by atoms with Gasteiger partial charge in [-0.2, -0.15) is 0 Å². The number of pyridine rings is 1. The van der Waals surface area contributed by atoms with Crippen molar-refractivity contribution in [1.29, 1.82) is 0 Å². The maximum Gasteiger partial charge on any atom is 0.165 e. The zero-order valence-electron chi connectivity index (χ0n) is 18.0. The number of fused-ring (bicyclic) bond motifs is 1. The van der Waals surface area contributed by atoms with Crippen molar-refractivity contribution in [1.82, 2.24) is 19.4 Å². The fourth-order valence-electron chi connectivity index (χ4n) is 3.69. The Morgan fingerprint density at radius 1 is 1.09 bits per heavy atom. The first-order valence-corrected chi connectivity index (χ1v) is 11.9. The number of phenols is 1. The molecule has 8 heteroatoms. The molecule has 0 aliphatic carbocycles. The van der Waals surface area contributed by atoms with E-state index in [9.17, 15) is 4.39 Å². The summed E-state index contributed by atoms with van der Waals surface area (Å²) in [7, 11) is 0. The van der Waals surface area contributed by atoms with Gasteiger partial charge >= 0.3 is 0 Å². The number of thiophene rings is 1. The normalized spacial score (nSPS) is 14.3. The van der Waals surface area contributed by atoms with E-state index in [4.69, 9.17) is 16.7 Å². The standard InChI is InChI=1S/C17H19ClN4S.C7H7FO/c18-13-4-5-19-14-10-16(23-17(13)14)15-11-22(12-20-15)9-8-21-6-2-1-3-7-21;1-5-2-3-7(9)6(8)4-5/h4-5,10-12H,1-3,6-9H2;2-4,9H,1H3. The van der Waals surface area contributed by atoms with Crippen molar-refractivity contribution >= 4 is 33.2 Å². The number of nitrogens with zero attached hydrogens (tertiary/aromatic N) is 4. The molecular weight excluding hydrogens is 447 g/mol. The van der Waals surface area contributed by atoms with Crippen LogP contribution in [0.4, 0.5) is 4.39 Å². The van der Waals surface area contributed by atoms with Gasteiger partial charge in [-0.05, 0) is 62.7 Å². The van der Waals surface area contributed by atoms with Gasteiger partial charge in [0.1, 0.15) is 0 Å². The van der Waals surface area contributed by atoms with Crippen LogP contribution in [0.2, 0.25) is 5.02 Å². The number of likely N-dealkylation sites (tertiary alicyclic amines) is 1. The second-order valence-electron chi connectivity index (χ2n) is 7.97. The number of imidazole rings is 1. The molecule has 32 heavy (non-hydrogen) atoms. The Morgan fingerprint density at radius 2 is 1.91 bits per heavy atom. The molecule has 0 unspecified atom stereocenters. The molecule has 0 radical (unpaired) electrons. The van der Waals surface area contributed by atoms with E-state index in [2.05, 4.69) is 31.7 Å². The predicted octanol–water partition coefficient (Wildman–Crippen LogP) is 6.14. The lowest BCUT2D eigenvalue weighted by atomic mass is 10.1. The number of halogens is 2. The van der Waals surface area contributed by atoms with Crippen LogP contribution in [-0.4, -0.2) is 44.2 Å². The van der Waals surface area contributed by atoms with Gasteiger partial charge in [0.05, 0.1) is 32.1 Å². The second-order valence-corrected chi connectivity index (χ2v) is 9.43. The van der Waals surface area contributed by atoms with E-state index in [-0.39, 0.29) is 5.75 Å². The molecule has 1 saturated heterocycles. The Labute approximate surface area is 196 Å². The number of phenolic OH excluding ortho intramolecular Hbond substituents is 1. The number of aryl methyl sites for hydroxylation is 1. The number of aromatic nitrogens is 3. The quantitative estimate of drug-likeness (QED) is 0.387. The number of hydrogen-bond donors (Lipinski definition) is 1. The molecule has 0 amide bonds. The molecule has 0 atom stereocenters. The Kier molecular flexibility index (Phi) is 7.40. The van der Waals surface area contributed by atoms with Crippen molar-refractivity contribution in [2.75, 3.05) is 19.6 Å². The lowest BCUT2D eigenvalue weighted by molar-refractivity contribution is 0.221. The summed E-state index contributed by atoms with van der Waals surface area (Å²) in [6.45, 7) is 6.35. The lowest BCUT2D eigenvalue weighted by Gasteiger charge is -2.26. The zero-order chi connectivity index (χ0) is 22.5. The van der Waals surface area contributed by atoms with Crippen LogP contribution in [0.15, 0.2) is 49.1 Å². The van der Waals surface area contributed by atoms with Gasteiger partial charge in [-0.15, -0.1) is 11.3 Å². The minimum absolute atomic E-state index is 0.291. The fourth-order valence-corrected chi connectivity index (χ4v) is 4.95. The van der Waals surface area contributed by atoms with Crippen LogP contribution in [0.5, 0.6) is 5.75 Å². The van der Waals surface area contributed by atoms with Crippen molar-refractivity contribution in [2.24, 2.45) is 0 Å². The summed E-state index contributed by atoms with van der Waals surface area (Å²) >= 11 is 7.89. The van der Waals surface area contributed by atoms with Gasteiger partial charge in [0.25, 0.3) is 0 Å². The van der Waals surface area contributed by atoms with E-state index in [1.165, 1.54) is 44.5 Å². The van der Waals surface area contributed by atoms with Gasteiger partial charge in [0, 0.05) is 25.5 Å². The molecule has 4 aromatic rings. The van der Waals surface area contributed by atoms with E-state index in [1.807, 2.05) is 12.4 Å². The summed E-state index contributed by atoms with van der Waals surface area (Å²) < 4.78 is 15.5. The highest BCUT2D eigenvalue weighted by Crippen LogP contribution is 2.35. The lowest BCUT2D eigenvalue weighted by Crippen LogP contribution is -2.32. The van der Waals surface area contributed by atoms with E-state index in [0.717, 1.165) is 44.5 Å². The second kappa shape index (κ2) is 10.4. The first kappa shape index (κ1) is 22.7. The van der Waals surface area contributed by atoms with Crippen LogP contribution in [-0.2, 0) is 6.54 Å². The van der Waals surface area contributed by atoms with Gasteiger partial charge in [-0.3, -0.25) is 4.98 Å². The number of rotatable bonds is 4. The Morgan fingerprint density at radius 3 is 2.62 bits per heavy atom. The summed E-state index contributed by atoms with van der Waals surface area (Å²) in [6.07, 6.45) is 9.86. The minimum Gasteiger partial charge on any atom is -0.505 e.